The van der Waals surface area contributed by atoms with E-state index in [-0.39, 0.29) is 29.7 Å². The summed E-state index contributed by atoms with van der Waals surface area (Å²) >= 11 is 3.51. The Balaban J connectivity index is 0.000000190. The van der Waals surface area contributed by atoms with E-state index in [9.17, 15) is 18.4 Å². The summed E-state index contributed by atoms with van der Waals surface area (Å²) in [5.74, 6) is -1.47. The lowest BCUT2D eigenvalue weighted by molar-refractivity contribution is 0.0578. The van der Waals surface area contributed by atoms with Gasteiger partial charge in [-0.2, -0.15) is 0 Å². The Kier molecular flexibility index (Phi) is 14.2. The average molecular weight is 773 g/mol. The van der Waals surface area contributed by atoms with Gasteiger partial charge in [0.2, 0.25) is 0 Å². The summed E-state index contributed by atoms with van der Waals surface area (Å²) in [6, 6.07) is 27.0. The third-order valence-electron chi connectivity index (χ3n) is 8.05. The van der Waals surface area contributed by atoms with Crippen molar-refractivity contribution in [1.82, 2.24) is 19.1 Å². The molecule has 0 radical (unpaired) electrons. The molecule has 6 aromatic rings. The Morgan fingerprint density at radius 3 is 1.62 bits per heavy atom. The van der Waals surface area contributed by atoms with Crippen molar-refractivity contribution in [2.24, 2.45) is 0 Å². The smallest absolute Gasteiger partial charge is 0.464 e. The van der Waals surface area contributed by atoms with E-state index in [0.717, 1.165) is 26.7 Å². The van der Waals surface area contributed by atoms with Crippen molar-refractivity contribution in [3.8, 4) is 11.1 Å². The molecule has 52 heavy (non-hydrogen) atoms. The van der Waals surface area contributed by atoms with Crippen LogP contribution in [-0.4, -0.2) is 62.4 Å². The minimum absolute atomic E-state index is 0.00262. The van der Waals surface area contributed by atoms with Gasteiger partial charge in [0.05, 0.1) is 51.4 Å². The standard InChI is InChI=1S/C19H17FN2O2.C13H13BrN2O2.C6H6BFO2/c1-13(22-12-21-11-18(22)19(23)24-2)16-5-3-4-6-17(16)14-7-9-15(20)10-8-14;1-9(10-5-3-4-6-11(10)14)16-8-15-7-12(16)13(17)18-2;8-6-3-1-5(2-4-6)7(9)10/h3-13H,1-2H3;3-9H,1-2H3;1-4,9-10H/t13-;9-;/m00./s1. The predicted molar refractivity (Wildman–Crippen MR) is 197 cm³/mol. The van der Waals surface area contributed by atoms with Crippen LogP contribution in [0.2, 0.25) is 0 Å². The maximum Gasteiger partial charge on any atom is 0.488 e. The zero-order valence-corrected chi connectivity index (χ0v) is 30.3. The lowest BCUT2D eigenvalue weighted by Gasteiger charge is -2.19. The highest BCUT2D eigenvalue weighted by molar-refractivity contribution is 9.10. The number of hydrogen-bond donors (Lipinski definition) is 2. The second-order valence-corrected chi connectivity index (χ2v) is 12.1. The van der Waals surface area contributed by atoms with E-state index >= 15 is 0 Å². The van der Waals surface area contributed by atoms with Crippen LogP contribution >= 0.6 is 15.9 Å². The molecule has 4 aromatic carbocycles. The van der Waals surface area contributed by atoms with E-state index in [4.69, 9.17) is 19.5 Å². The van der Waals surface area contributed by atoms with Crippen LogP contribution in [0.25, 0.3) is 11.1 Å². The van der Waals surface area contributed by atoms with Gasteiger partial charge >= 0.3 is 19.1 Å². The summed E-state index contributed by atoms with van der Waals surface area (Å²) in [5.41, 5.74) is 5.11. The molecule has 0 spiro atoms. The first kappa shape index (κ1) is 39.4. The summed E-state index contributed by atoms with van der Waals surface area (Å²) in [6.45, 7) is 3.99. The highest BCUT2D eigenvalue weighted by Crippen LogP contribution is 2.31. The van der Waals surface area contributed by atoms with Crippen molar-refractivity contribution < 1.29 is 37.9 Å². The van der Waals surface area contributed by atoms with Gasteiger partial charge in [0.25, 0.3) is 0 Å². The minimum atomic E-state index is -1.51. The summed E-state index contributed by atoms with van der Waals surface area (Å²) in [4.78, 5) is 31.6. The van der Waals surface area contributed by atoms with Crippen molar-refractivity contribution in [2.45, 2.75) is 25.9 Å². The van der Waals surface area contributed by atoms with E-state index in [1.54, 1.807) is 33.9 Å². The van der Waals surface area contributed by atoms with Gasteiger partial charge in [-0.05, 0) is 71.9 Å². The quantitative estimate of drug-likeness (QED) is 0.130. The summed E-state index contributed by atoms with van der Waals surface area (Å²) in [7, 11) is 1.19. The Bertz CT molecular complexity index is 2070. The first-order valence-electron chi connectivity index (χ1n) is 15.9. The molecule has 2 aromatic heterocycles. The fourth-order valence-corrected chi connectivity index (χ4v) is 5.87. The highest BCUT2D eigenvalue weighted by Gasteiger charge is 2.21. The van der Waals surface area contributed by atoms with Gasteiger partial charge in [0.15, 0.2) is 0 Å². The number of methoxy groups -OCH3 is 2. The molecular weight excluding hydrogens is 737 g/mol. The maximum atomic E-state index is 13.2. The first-order valence-corrected chi connectivity index (χ1v) is 16.7. The van der Waals surface area contributed by atoms with Crippen LogP contribution in [0, 0.1) is 11.6 Å². The molecule has 0 aliphatic carbocycles. The summed E-state index contributed by atoms with van der Waals surface area (Å²) in [5, 5.41) is 17.1. The van der Waals surface area contributed by atoms with Crippen LogP contribution in [0.15, 0.2) is 127 Å². The Hall–Kier alpha value is -5.44. The Morgan fingerprint density at radius 1 is 0.692 bits per heavy atom. The molecule has 0 saturated carbocycles. The van der Waals surface area contributed by atoms with Crippen LogP contribution in [0.5, 0.6) is 0 Å². The number of benzene rings is 4. The average Bonchev–Trinajstić information content (AvgIpc) is 3.86. The number of carbonyl (C=O) groups excluding carboxylic acids is 2. The van der Waals surface area contributed by atoms with E-state index in [2.05, 4.69) is 25.9 Å². The Morgan fingerprint density at radius 2 is 1.13 bits per heavy atom. The molecule has 0 aliphatic rings. The van der Waals surface area contributed by atoms with Gasteiger partial charge in [-0.1, -0.05) is 82.7 Å². The number of aromatic nitrogens is 4. The second kappa shape index (κ2) is 18.7. The molecule has 2 heterocycles. The minimum Gasteiger partial charge on any atom is -0.464 e. The summed E-state index contributed by atoms with van der Waals surface area (Å²) in [6.07, 6.45) is 6.25. The van der Waals surface area contributed by atoms with Crippen LogP contribution in [0.3, 0.4) is 0 Å². The summed E-state index contributed by atoms with van der Waals surface area (Å²) < 4.78 is 39.5. The third-order valence-corrected chi connectivity index (χ3v) is 8.77. The lowest BCUT2D eigenvalue weighted by atomic mass is 9.80. The number of carbonyl (C=O) groups is 2. The van der Waals surface area contributed by atoms with Crippen molar-refractivity contribution in [3.05, 3.63) is 161 Å². The number of nitrogens with zero attached hydrogens (tertiary/aromatic N) is 4. The predicted octanol–water partition coefficient (Wildman–Crippen LogP) is 6.63. The van der Waals surface area contributed by atoms with Crippen LogP contribution in [0.4, 0.5) is 8.78 Å². The normalized spacial score (nSPS) is 11.6. The first-order chi connectivity index (χ1) is 25.0. The van der Waals surface area contributed by atoms with Crippen LogP contribution in [0.1, 0.15) is 58.0 Å². The zero-order chi connectivity index (χ0) is 37.8. The molecule has 2 atom stereocenters. The Labute approximate surface area is 308 Å². The van der Waals surface area contributed by atoms with E-state index in [0.29, 0.717) is 16.9 Å². The highest BCUT2D eigenvalue weighted by atomic mass is 79.9. The number of ether oxygens (including phenoxy) is 2. The van der Waals surface area contributed by atoms with Crippen molar-refractivity contribution in [3.63, 3.8) is 0 Å². The van der Waals surface area contributed by atoms with Gasteiger partial charge in [-0.15, -0.1) is 0 Å². The molecule has 268 valence electrons. The van der Waals surface area contributed by atoms with Gasteiger partial charge in [-0.25, -0.2) is 28.3 Å². The van der Waals surface area contributed by atoms with Crippen LogP contribution < -0.4 is 5.46 Å². The lowest BCUT2D eigenvalue weighted by Crippen LogP contribution is -2.29. The number of halogens is 3. The molecule has 0 unspecified atom stereocenters. The van der Waals surface area contributed by atoms with Crippen LogP contribution in [-0.2, 0) is 9.47 Å². The SMILES string of the molecule is COC(=O)c1cncn1[C@@H](C)c1ccccc1-c1ccc(F)cc1.COC(=O)c1cncn1[C@@H](C)c1ccccc1Br.OB(O)c1ccc(F)cc1. The van der Waals surface area contributed by atoms with E-state index in [1.165, 1.54) is 63.0 Å². The fourth-order valence-electron chi connectivity index (χ4n) is 5.25. The van der Waals surface area contributed by atoms with E-state index in [1.807, 2.05) is 62.4 Å². The van der Waals surface area contributed by atoms with Crippen molar-refractivity contribution in [2.75, 3.05) is 14.2 Å². The molecule has 0 bridgehead atoms. The second-order valence-electron chi connectivity index (χ2n) is 11.2. The molecule has 6 rings (SSSR count). The molecule has 2 N–H and O–H groups in total. The van der Waals surface area contributed by atoms with Gasteiger partial charge in [0, 0.05) is 4.47 Å². The van der Waals surface area contributed by atoms with E-state index < -0.39 is 13.1 Å². The number of imidazole rings is 2. The van der Waals surface area contributed by atoms with Crippen molar-refractivity contribution in [1.29, 1.82) is 0 Å². The fraction of sp³-hybridized carbons (Fsp3) is 0.158. The molecular formula is C38H36BBrF2N4O6. The number of rotatable bonds is 8. The van der Waals surface area contributed by atoms with Crippen molar-refractivity contribution >= 4 is 40.4 Å². The van der Waals surface area contributed by atoms with Gasteiger partial charge in [0.1, 0.15) is 23.0 Å². The largest absolute Gasteiger partial charge is 0.488 e. The topological polar surface area (TPSA) is 129 Å². The molecule has 14 heteroatoms. The number of hydrogen-bond acceptors (Lipinski definition) is 8. The zero-order valence-electron chi connectivity index (χ0n) is 28.7. The monoisotopic (exact) mass is 772 g/mol. The maximum absolute atomic E-state index is 13.2. The molecule has 0 fully saturated rings. The molecule has 0 aliphatic heterocycles. The molecule has 0 amide bonds. The molecule has 10 nitrogen and oxygen atoms in total. The number of esters is 2. The van der Waals surface area contributed by atoms with Gasteiger partial charge in [-0.3, -0.25) is 0 Å². The molecule has 0 saturated heterocycles. The third kappa shape index (κ3) is 9.87. The van der Waals surface area contributed by atoms with Gasteiger partial charge < -0.3 is 28.7 Å².